The number of anilines is 7. The van der Waals surface area contributed by atoms with Crippen molar-refractivity contribution in [1.29, 1.82) is 0 Å². The number of halogens is 1. The van der Waals surface area contributed by atoms with Crippen LogP contribution in [0.25, 0.3) is 5.69 Å². The Morgan fingerprint density at radius 1 is 0.427 bits per heavy atom. The first-order valence-electron chi connectivity index (χ1n) is 38.9. The highest BCUT2D eigenvalue weighted by Crippen LogP contribution is 2.35. The van der Waals surface area contributed by atoms with Crippen molar-refractivity contribution in [3.63, 3.8) is 0 Å². The Kier molecular flexibility index (Phi) is 28.5. The van der Waals surface area contributed by atoms with Gasteiger partial charge in [-0.2, -0.15) is 0 Å². The van der Waals surface area contributed by atoms with Gasteiger partial charge in [0.1, 0.15) is 47.1 Å². The van der Waals surface area contributed by atoms with Crippen LogP contribution in [-0.4, -0.2) is 203 Å². The number of methoxy groups -OCH3 is 1. The van der Waals surface area contributed by atoms with Gasteiger partial charge in [-0.1, -0.05) is 23.7 Å². The Morgan fingerprint density at radius 3 is 1.50 bits per heavy atom. The number of hydrogen-bond acceptors (Lipinski definition) is 22. The zero-order valence-corrected chi connectivity index (χ0v) is 69.6. The number of carbonyl (C=O) groups excluding carboxylic acids is 12. The first-order chi connectivity index (χ1) is 59.5. The second-order valence-corrected chi connectivity index (χ2v) is 29.0. The van der Waals surface area contributed by atoms with E-state index >= 15 is 0 Å². The Hall–Kier alpha value is -15.4. The molecule has 0 radical (unpaired) electrons. The van der Waals surface area contributed by atoms with Crippen LogP contribution in [-0.2, 0) is 78.0 Å². The number of amides is 12. The molecule has 8 aromatic heterocycles. The van der Waals surface area contributed by atoms with Crippen LogP contribution in [0.2, 0.25) is 5.02 Å². The molecular weight excluding hydrogens is 1630 g/mol. The minimum Gasteiger partial charge on any atom is -0.497 e. The Bertz CT molecular complexity index is 5900. The Balaban J connectivity index is 0.486. The van der Waals surface area contributed by atoms with Crippen LogP contribution < -0.4 is 73.3 Å². The second kappa shape index (κ2) is 40.1. The van der Waals surface area contributed by atoms with Crippen molar-refractivity contribution >= 4 is 128 Å². The summed E-state index contributed by atoms with van der Waals surface area (Å²) in [4.78, 5) is 179. The summed E-state index contributed by atoms with van der Waals surface area (Å²) in [6, 6.07) is 23.6. The number of fused-ring (bicyclic) bond motifs is 3. The lowest BCUT2D eigenvalue weighted by Gasteiger charge is -2.14. The van der Waals surface area contributed by atoms with Gasteiger partial charge in [0.05, 0.1) is 55.2 Å². The number of aliphatic imine (C=N–C) groups is 1. The number of imidazole rings is 4. The fourth-order valence-corrected chi connectivity index (χ4v) is 13.2. The summed E-state index contributed by atoms with van der Waals surface area (Å²) >= 11 is 6.26. The lowest BCUT2D eigenvalue weighted by Crippen LogP contribution is -2.33. The first-order valence-corrected chi connectivity index (χ1v) is 39.2. The number of nitrogens with zero attached hydrogens (tertiary/aromatic N) is 15. The molecule has 3 aromatic carbocycles. The number of carbonyl (C=O) groups is 12. The highest BCUT2D eigenvalue weighted by molar-refractivity contribution is 6.30. The largest absolute Gasteiger partial charge is 0.497 e. The SMILES string of the molecule is COc1ccc2c(c1)C(c1ccc(Cl)cc1)=N[C@@H](CC(=O)Nc1ccc(OCCOCCNC(=O)CCNC(=O)c3nc(NC(=O)c4cc(NC(=O)CCNC(=O)c5nc(NC(=O)CCCNC(=O)c6cc(NC(=O)c7nc(NC(=O)CCNC(=O)c8cc(NC(=O)c9nccn9C)cn8C)cn7C)cn6C)cn5C)cn4C)cn3C)cc1)c1nnc(C)n1-2. The number of hydrogen-bond donors (Lipinski definition) is 12. The van der Waals surface area contributed by atoms with Gasteiger partial charge in [0.2, 0.25) is 47.0 Å². The fourth-order valence-electron chi connectivity index (χ4n) is 13.1. The molecule has 1 aliphatic rings. The summed E-state index contributed by atoms with van der Waals surface area (Å²) in [7, 11) is 12.8. The number of rotatable bonds is 38. The van der Waals surface area contributed by atoms with Crippen LogP contribution in [0.1, 0.15) is 141 Å². The topological polar surface area (TPSA) is 506 Å². The minimum atomic E-state index is -0.697. The molecule has 646 valence electrons. The maximum absolute atomic E-state index is 13.7. The molecular formula is C81H90ClN27O15. The van der Waals surface area contributed by atoms with E-state index in [9.17, 15) is 57.5 Å². The molecule has 12 amide bonds. The summed E-state index contributed by atoms with van der Waals surface area (Å²) in [5.74, 6) is -3.41. The molecule has 0 spiro atoms. The number of aromatic nitrogens is 14. The van der Waals surface area contributed by atoms with Gasteiger partial charge in [0.25, 0.3) is 41.4 Å². The molecule has 12 rings (SSSR count). The van der Waals surface area contributed by atoms with Crippen LogP contribution in [0, 0.1) is 6.92 Å². The number of aryl methyl sites for hydroxylation is 8. The number of ether oxygens (including phenoxy) is 3. The average molecular weight is 1720 g/mol. The summed E-state index contributed by atoms with van der Waals surface area (Å²) in [6.07, 6.45) is 11.8. The average Bonchev–Trinajstić information content (AvgIpc) is 1.60. The van der Waals surface area contributed by atoms with Gasteiger partial charge in [-0.05, 0) is 86.1 Å². The number of benzene rings is 3. The van der Waals surface area contributed by atoms with Crippen molar-refractivity contribution in [3.8, 4) is 17.2 Å². The standard InChI is InChI=1S/C81H90ClN27O15/c1-46-100-101-70-56(93-69(47-12-14-48(82)15-13-47)55-38-54(122-9)20-21-57(55)109(46)70)39-68(114)89-49-16-18-53(19-17-49)124-34-33-123-32-30-83-64(110)22-26-87-79(119)73-98-63(45-107(73)7)99-77(117)60-35-50(40-105(60)5)90-66(112)23-28-88-78(118)72-96-61(43-106(72)6)94-65(111)11-10-25-85-75(115)58-37-52(42-103(58)3)92-81(121)74-97-62(44-108(74)8)95-67(113)24-27-86-76(116)59-36-51(41-104(59)4)91-80(120)71-84-29-31-102(71)2/h12-21,29,31,35-38,40-45,56H,10-11,22-28,30,32-34,39H2,1-9H3,(H,83,110)(H,85,115)(H,86,116)(H,87,119)(H,88,118)(H,89,114)(H,90,112)(H,91,120)(H,92,121)(H,94,111)(H,95,113)(H,99,117)/t56-/m0/s1. The predicted octanol–water partition coefficient (Wildman–Crippen LogP) is 4.86. The van der Waals surface area contributed by atoms with Crippen LogP contribution in [0.15, 0.2) is 139 Å². The normalized spacial score (nSPS) is 12.0. The molecule has 0 unspecified atom stereocenters. The molecule has 0 saturated heterocycles. The van der Waals surface area contributed by atoms with Crippen LogP contribution in [0.3, 0.4) is 0 Å². The predicted molar refractivity (Wildman–Crippen MR) is 453 cm³/mol. The third-order valence-corrected chi connectivity index (χ3v) is 19.4. The van der Waals surface area contributed by atoms with E-state index in [0.29, 0.717) is 45.3 Å². The summed E-state index contributed by atoms with van der Waals surface area (Å²) in [5, 5.41) is 41.8. The van der Waals surface area contributed by atoms with Gasteiger partial charge in [-0.25, -0.2) is 19.9 Å². The Labute approximate surface area is 712 Å². The van der Waals surface area contributed by atoms with Crippen molar-refractivity contribution in [1.82, 2.24) is 93.3 Å². The van der Waals surface area contributed by atoms with Crippen molar-refractivity contribution in [2.24, 2.45) is 54.3 Å². The molecule has 42 nitrogen and oxygen atoms in total. The third-order valence-electron chi connectivity index (χ3n) is 19.2. The smallest absolute Gasteiger partial charge is 0.291 e. The molecule has 0 saturated carbocycles. The van der Waals surface area contributed by atoms with Crippen molar-refractivity contribution in [3.05, 3.63) is 203 Å². The molecule has 11 aromatic rings. The van der Waals surface area contributed by atoms with Gasteiger partial charge in [-0.15, -0.1) is 10.2 Å². The van der Waals surface area contributed by atoms with E-state index in [0.717, 1.165) is 16.8 Å². The zero-order valence-electron chi connectivity index (χ0n) is 68.9. The number of nitrogens with one attached hydrogen (secondary N) is 12. The van der Waals surface area contributed by atoms with Gasteiger partial charge < -0.3 is 110 Å². The van der Waals surface area contributed by atoms with Gasteiger partial charge in [0.15, 0.2) is 29.1 Å². The monoisotopic (exact) mass is 1720 g/mol. The van der Waals surface area contributed by atoms with Crippen molar-refractivity contribution < 1.29 is 71.7 Å². The van der Waals surface area contributed by atoms with Crippen LogP contribution in [0.4, 0.5) is 40.2 Å². The van der Waals surface area contributed by atoms with E-state index in [1.54, 1.807) is 110 Å². The molecule has 1 atom stereocenters. The molecule has 9 heterocycles. The highest BCUT2D eigenvalue weighted by Gasteiger charge is 2.32. The third kappa shape index (κ3) is 22.6. The Morgan fingerprint density at radius 2 is 0.927 bits per heavy atom. The van der Waals surface area contributed by atoms with Crippen molar-refractivity contribution in [2.45, 2.75) is 51.5 Å². The van der Waals surface area contributed by atoms with Gasteiger partial charge in [-0.3, -0.25) is 67.1 Å². The van der Waals surface area contributed by atoms with Crippen LogP contribution >= 0.6 is 11.6 Å². The maximum atomic E-state index is 13.7. The molecule has 43 heteroatoms. The zero-order chi connectivity index (χ0) is 88.4. The van der Waals surface area contributed by atoms with Crippen molar-refractivity contribution in [2.75, 3.05) is 96.9 Å². The van der Waals surface area contributed by atoms with E-state index < -0.39 is 65.1 Å². The summed E-state index contributed by atoms with van der Waals surface area (Å²) in [6.45, 7) is 2.59. The van der Waals surface area contributed by atoms with Crippen LogP contribution in [0.5, 0.6) is 11.5 Å². The molecule has 1 aliphatic heterocycles. The van der Waals surface area contributed by atoms with E-state index in [1.807, 2.05) is 41.8 Å². The minimum absolute atomic E-state index is 0.0183. The molecule has 0 bridgehead atoms. The lowest BCUT2D eigenvalue weighted by molar-refractivity contribution is -0.121. The van der Waals surface area contributed by atoms with E-state index in [4.69, 9.17) is 30.8 Å². The first kappa shape index (κ1) is 87.9. The lowest BCUT2D eigenvalue weighted by atomic mass is 10.00. The molecule has 12 N–H and O–H groups in total. The highest BCUT2D eigenvalue weighted by atomic mass is 35.5. The van der Waals surface area contributed by atoms with Gasteiger partial charge in [0, 0.05) is 179 Å². The molecule has 0 aliphatic carbocycles. The quantitative estimate of drug-likeness (QED) is 0.0230. The molecule has 0 fully saturated rings. The fraction of sp³-hybridized carbons (Fsp3) is 0.296. The maximum Gasteiger partial charge on any atom is 0.291 e. The second-order valence-electron chi connectivity index (χ2n) is 28.5. The molecule has 124 heavy (non-hydrogen) atoms. The van der Waals surface area contributed by atoms with Gasteiger partial charge >= 0.3 is 0 Å². The summed E-state index contributed by atoms with van der Waals surface area (Å²) < 4.78 is 29.2. The van der Waals surface area contributed by atoms with E-state index in [1.165, 1.54) is 82.8 Å². The van der Waals surface area contributed by atoms with E-state index in [2.05, 4.69) is 93.9 Å². The van der Waals surface area contributed by atoms with E-state index in [-0.39, 0.29) is 172 Å². The summed E-state index contributed by atoms with van der Waals surface area (Å²) in [5.41, 5.74) is 5.03.